The Kier molecular flexibility index (Phi) is 6.99. The van der Waals surface area contributed by atoms with Gasteiger partial charge in [0.15, 0.2) is 0 Å². The maximum Gasteiger partial charge on any atom is 0.132 e. The van der Waals surface area contributed by atoms with Gasteiger partial charge in [-0.15, -0.1) is 11.3 Å². The van der Waals surface area contributed by atoms with Gasteiger partial charge >= 0.3 is 0 Å². The lowest BCUT2D eigenvalue weighted by Crippen LogP contribution is -2.27. The summed E-state index contributed by atoms with van der Waals surface area (Å²) in [5.41, 5.74) is 19.0. The van der Waals surface area contributed by atoms with Gasteiger partial charge in [-0.3, -0.25) is 9.98 Å². The van der Waals surface area contributed by atoms with E-state index >= 15 is 0 Å². The van der Waals surface area contributed by atoms with Crippen molar-refractivity contribution >= 4 is 35.3 Å². The first-order valence-corrected chi connectivity index (χ1v) is 10.6. The second-order valence-corrected chi connectivity index (χ2v) is 8.01. The van der Waals surface area contributed by atoms with Crippen LogP contribution < -0.4 is 22.1 Å². The number of nitrogens with two attached hydrogens (primary N) is 2. The molecule has 0 fully saturated rings. The Bertz CT molecular complexity index is 1090. The summed E-state index contributed by atoms with van der Waals surface area (Å²) in [5.74, 6) is 1.12. The van der Waals surface area contributed by atoms with E-state index in [0.29, 0.717) is 17.4 Å². The molecule has 0 unspecified atom stereocenters. The Morgan fingerprint density at radius 1 is 1.26 bits per heavy atom. The maximum atomic E-state index is 7.51. The normalized spacial score (nSPS) is 17.7. The molecule has 0 amide bonds. The van der Waals surface area contributed by atoms with E-state index in [-0.39, 0.29) is 5.92 Å². The largest absolute Gasteiger partial charge is 0.397 e. The van der Waals surface area contributed by atoms with Gasteiger partial charge in [0.2, 0.25) is 0 Å². The lowest BCUT2D eigenvalue weighted by atomic mass is 10.00. The van der Waals surface area contributed by atoms with Crippen LogP contribution in [0.2, 0.25) is 0 Å². The topological polar surface area (TPSA) is 138 Å². The number of rotatable bonds is 7. The summed E-state index contributed by atoms with van der Waals surface area (Å²) in [6.45, 7) is 4.01. The van der Waals surface area contributed by atoms with Crippen LogP contribution in [0.3, 0.4) is 0 Å². The van der Waals surface area contributed by atoms with Crippen molar-refractivity contribution in [3.05, 3.63) is 81.0 Å². The third kappa shape index (κ3) is 5.26. The Balaban J connectivity index is 1.89. The van der Waals surface area contributed by atoms with Crippen molar-refractivity contribution in [3.8, 4) is 0 Å². The van der Waals surface area contributed by atoms with Crippen LogP contribution in [-0.4, -0.2) is 30.3 Å². The molecule has 0 saturated carbocycles. The molecule has 9 heteroatoms. The number of aliphatic imine (C=N–C) groups is 2. The average molecular weight is 435 g/mol. The quantitative estimate of drug-likeness (QED) is 0.332. The lowest BCUT2D eigenvalue weighted by Gasteiger charge is -2.23. The van der Waals surface area contributed by atoms with Crippen LogP contribution in [-0.2, 0) is 0 Å². The highest BCUT2D eigenvalue weighted by Crippen LogP contribution is 2.27. The summed E-state index contributed by atoms with van der Waals surface area (Å²) in [7, 11) is 1.71. The van der Waals surface area contributed by atoms with E-state index in [1.165, 1.54) is 17.6 Å². The van der Waals surface area contributed by atoms with Crippen molar-refractivity contribution in [3.63, 3.8) is 0 Å². The van der Waals surface area contributed by atoms with Gasteiger partial charge in [-0.05, 0) is 35.8 Å². The van der Waals surface area contributed by atoms with Gasteiger partial charge in [0.1, 0.15) is 11.7 Å². The van der Waals surface area contributed by atoms with Crippen LogP contribution in [0.4, 0.5) is 0 Å². The average Bonchev–Trinajstić information content (AvgIpc) is 3.29. The molecule has 0 aromatic carbocycles. The molecule has 0 spiro atoms. The molecule has 0 saturated heterocycles. The summed E-state index contributed by atoms with van der Waals surface area (Å²) in [4.78, 5) is 13.6. The van der Waals surface area contributed by atoms with Gasteiger partial charge < -0.3 is 27.5 Å². The van der Waals surface area contributed by atoms with Crippen molar-refractivity contribution in [1.82, 2.24) is 15.6 Å². The Morgan fingerprint density at radius 2 is 2.06 bits per heavy atom. The van der Waals surface area contributed by atoms with Crippen LogP contribution in [0.15, 0.2) is 86.1 Å². The van der Waals surface area contributed by atoms with E-state index in [4.69, 9.17) is 16.9 Å². The smallest absolute Gasteiger partial charge is 0.132 e. The van der Waals surface area contributed by atoms with Crippen molar-refractivity contribution in [2.75, 3.05) is 7.05 Å². The zero-order chi connectivity index (χ0) is 22.4. The predicted molar refractivity (Wildman–Crippen MR) is 130 cm³/mol. The van der Waals surface area contributed by atoms with E-state index < -0.39 is 0 Å². The minimum absolute atomic E-state index is 0.193. The molecule has 2 aliphatic heterocycles. The molecule has 0 bridgehead atoms. The van der Waals surface area contributed by atoms with Crippen LogP contribution >= 0.6 is 11.3 Å². The van der Waals surface area contributed by atoms with Gasteiger partial charge in [0, 0.05) is 43.0 Å². The summed E-state index contributed by atoms with van der Waals surface area (Å²) in [6.07, 6.45) is 14.1. The Hall–Kier alpha value is -3.72. The molecular weight excluding hydrogens is 408 g/mol. The van der Waals surface area contributed by atoms with E-state index in [0.717, 1.165) is 33.0 Å². The number of amidine groups is 1. The zero-order valence-corrected chi connectivity index (χ0v) is 18.5. The third-order valence-electron chi connectivity index (χ3n) is 4.60. The van der Waals surface area contributed by atoms with Crippen LogP contribution in [0.5, 0.6) is 0 Å². The highest BCUT2D eigenvalue weighted by atomic mass is 32.1. The molecule has 2 aliphatic rings. The van der Waals surface area contributed by atoms with Crippen molar-refractivity contribution < 1.29 is 0 Å². The first-order chi connectivity index (χ1) is 14.9. The molecule has 3 heterocycles. The molecule has 0 atom stereocenters. The summed E-state index contributed by atoms with van der Waals surface area (Å²) in [6, 6.07) is 0. The summed E-state index contributed by atoms with van der Waals surface area (Å²) in [5, 5.41) is 14.1. The van der Waals surface area contributed by atoms with Gasteiger partial charge in [-0.2, -0.15) is 0 Å². The number of allylic oxidation sites excluding steroid dienone is 6. The van der Waals surface area contributed by atoms with E-state index in [2.05, 4.69) is 25.6 Å². The molecule has 31 heavy (non-hydrogen) atoms. The standard InChI is InChI=1S/C22H26N8S/c1-13(2)14(8-23)7-20(24)30-21-5-4-17-18(29-21)6-15(9-28-17)16(10-26-3)22(25)19-11-27-12-31-19/h4-13,23,28-29H,25H2,1-3H3,(H2,24,30). The molecule has 1 aromatic rings. The monoisotopic (exact) mass is 434 g/mol. The Morgan fingerprint density at radius 3 is 2.71 bits per heavy atom. The molecule has 0 aliphatic carbocycles. The third-order valence-corrected chi connectivity index (χ3v) is 5.40. The number of nitrogens with one attached hydrogen (secondary N) is 3. The lowest BCUT2D eigenvalue weighted by molar-refractivity contribution is 0.806. The van der Waals surface area contributed by atoms with Crippen molar-refractivity contribution in [2.24, 2.45) is 27.4 Å². The van der Waals surface area contributed by atoms with E-state index in [1.54, 1.807) is 31.0 Å². The zero-order valence-electron chi connectivity index (χ0n) is 17.7. The highest BCUT2D eigenvalue weighted by molar-refractivity contribution is 7.10. The molecule has 0 radical (unpaired) electrons. The number of hydrogen-bond donors (Lipinski definition) is 5. The van der Waals surface area contributed by atoms with Crippen LogP contribution in [0.25, 0.3) is 5.70 Å². The van der Waals surface area contributed by atoms with Gasteiger partial charge in [-0.25, -0.2) is 4.99 Å². The van der Waals surface area contributed by atoms with Crippen LogP contribution in [0, 0.1) is 11.3 Å². The number of thiazole rings is 1. The fourth-order valence-electron chi connectivity index (χ4n) is 2.94. The second-order valence-electron chi connectivity index (χ2n) is 7.12. The number of dihydropyridines is 2. The summed E-state index contributed by atoms with van der Waals surface area (Å²) >= 11 is 1.47. The predicted octanol–water partition coefficient (Wildman–Crippen LogP) is 2.80. The first-order valence-electron chi connectivity index (χ1n) is 9.68. The minimum atomic E-state index is 0.193. The minimum Gasteiger partial charge on any atom is -0.397 e. The fourth-order valence-corrected chi connectivity index (χ4v) is 3.53. The van der Waals surface area contributed by atoms with Crippen molar-refractivity contribution in [1.29, 1.82) is 5.41 Å². The molecule has 3 rings (SSSR count). The molecule has 160 valence electrons. The van der Waals surface area contributed by atoms with Gasteiger partial charge in [0.05, 0.1) is 27.5 Å². The SMILES string of the molecule is CN=CC(C1=CNC2=CC=C(N=C(N)C=C(C=N)C(C)C)NC2=C1)=C(N)c1cncs1. The number of nitrogens with zero attached hydrogens (tertiary/aromatic N) is 3. The molecule has 7 N–H and O–H groups in total. The number of hydrogen-bond acceptors (Lipinski definition) is 8. The van der Waals surface area contributed by atoms with Gasteiger partial charge in [0.25, 0.3) is 0 Å². The molecule has 1 aromatic heterocycles. The van der Waals surface area contributed by atoms with Crippen molar-refractivity contribution in [2.45, 2.75) is 13.8 Å². The second kappa shape index (κ2) is 9.86. The maximum absolute atomic E-state index is 7.51. The van der Waals surface area contributed by atoms with E-state index in [1.807, 2.05) is 38.3 Å². The number of aromatic nitrogens is 1. The molecular formula is C22H26N8S. The number of fused-ring (bicyclic) bond motifs is 1. The Labute approximate surface area is 185 Å². The summed E-state index contributed by atoms with van der Waals surface area (Å²) < 4.78 is 0. The fraction of sp³-hybridized carbons (Fsp3) is 0.182. The molecule has 8 nitrogen and oxygen atoms in total. The van der Waals surface area contributed by atoms with Crippen LogP contribution in [0.1, 0.15) is 18.7 Å². The van der Waals surface area contributed by atoms with Gasteiger partial charge in [-0.1, -0.05) is 13.8 Å². The first kappa shape index (κ1) is 22.0. The highest BCUT2D eigenvalue weighted by Gasteiger charge is 2.18. The van der Waals surface area contributed by atoms with E-state index in [9.17, 15) is 0 Å².